The summed E-state index contributed by atoms with van der Waals surface area (Å²) in [5.74, 6) is 3.23. The molecule has 0 aromatic heterocycles. The molecule has 196 valence electrons. The fourth-order valence-electron chi connectivity index (χ4n) is 9.18. The van der Waals surface area contributed by atoms with Gasteiger partial charge in [-0.25, -0.2) is 4.79 Å². The molecule has 2 nitrogen and oxygen atoms in total. The monoisotopic (exact) mass is 488 g/mol. The summed E-state index contributed by atoms with van der Waals surface area (Å²) >= 11 is 0. The zero-order valence-electron chi connectivity index (χ0n) is 23.4. The van der Waals surface area contributed by atoms with Crippen molar-refractivity contribution in [1.82, 2.24) is 0 Å². The number of aromatic carboxylic acids is 1. The Labute approximate surface area is 219 Å². The zero-order chi connectivity index (χ0) is 25.7. The second kappa shape index (κ2) is 9.80. The van der Waals surface area contributed by atoms with E-state index in [1.807, 2.05) is 17.7 Å². The largest absolute Gasteiger partial charge is 0.478 e. The molecule has 0 aliphatic heterocycles. The number of fused-ring (bicyclic) bond motifs is 4. The number of benzene rings is 1. The van der Waals surface area contributed by atoms with Gasteiger partial charge in [-0.1, -0.05) is 95.4 Å². The lowest BCUT2D eigenvalue weighted by Gasteiger charge is -2.55. The summed E-state index contributed by atoms with van der Waals surface area (Å²) in [5.41, 5.74) is 5.90. The van der Waals surface area contributed by atoms with Crippen molar-refractivity contribution in [2.24, 2.45) is 40.4 Å². The predicted octanol–water partition coefficient (Wildman–Crippen LogP) is 9.43. The van der Waals surface area contributed by atoms with Crippen LogP contribution in [0.1, 0.15) is 121 Å². The van der Waals surface area contributed by atoms with Gasteiger partial charge in [0, 0.05) is 5.92 Å². The summed E-state index contributed by atoms with van der Waals surface area (Å²) in [6.45, 7) is 12.4. The van der Waals surface area contributed by atoms with Crippen LogP contribution in [0, 0.1) is 40.4 Å². The van der Waals surface area contributed by atoms with Gasteiger partial charge in [-0.15, -0.1) is 0 Å². The Morgan fingerprint density at radius 3 is 2.56 bits per heavy atom. The fourth-order valence-corrected chi connectivity index (χ4v) is 9.18. The van der Waals surface area contributed by atoms with Crippen LogP contribution in [0.2, 0.25) is 0 Å². The van der Waals surface area contributed by atoms with Crippen LogP contribution in [-0.2, 0) is 0 Å². The van der Waals surface area contributed by atoms with E-state index < -0.39 is 5.97 Å². The van der Waals surface area contributed by atoms with E-state index in [4.69, 9.17) is 0 Å². The van der Waals surface area contributed by atoms with E-state index >= 15 is 0 Å². The van der Waals surface area contributed by atoms with E-state index in [1.165, 1.54) is 51.4 Å². The second-order valence-electron chi connectivity index (χ2n) is 13.7. The summed E-state index contributed by atoms with van der Waals surface area (Å²) in [7, 11) is 0. The molecule has 1 saturated carbocycles. The molecule has 36 heavy (non-hydrogen) atoms. The highest BCUT2D eigenvalue weighted by atomic mass is 16.4. The maximum Gasteiger partial charge on any atom is 0.335 e. The number of allylic oxidation sites excluding steroid dienone is 4. The Kier molecular flexibility index (Phi) is 7.03. The van der Waals surface area contributed by atoms with E-state index in [0.717, 1.165) is 36.2 Å². The van der Waals surface area contributed by atoms with Crippen LogP contribution in [-0.4, -0.2) is 11.1 Å². The summed E-state index contributed by atoms with van der Waals surface area (Å²) in [5, 5.41) is 9.76. The minimum absolute atomic E-state index is 0.304. The summed E-state index contributed by atoms with van der Waals surface area (Å²) in [4.78, 5) is 11.9. The van der Waals surface area contributed by atoms with Crippen LogP contribution in [0.15, 0.2) is 47.6 Å². The highest BCUT2D eigenvalue weighted by molar-refractivity contribution is 5.89. The summed E-state index contributed by atoms with van der Waals surface area (Å²) < 4.78 is 0. The Morgan fingerprint density at radius 1 is 1.03 bits per heavy atom. The van der Waals surface area contributed by atoms with Crippen molar-refractivity contribution < 1.29 is 9.90 Å². The highest BCUT2D eigenvalue weighted by Crippen LogP contribution is 2.65. The SMILES string of the molecule is CC(C)CCC[C@@H](C)[C@H]1C=C[C@@H]2C3=C(CC[C@@]21C)[C@@]1(C)CC[C@H](c2ccccc2C(=O)O)CC1CC3. The third-order valence-electron chi connectivity index (χ3n) is 11.3. The molecule has 0 spiro atoms. The minimum Gasteiger partial charge on any atom is -0.478 e. The predicted molar refractivity (Wildman–Crippen MR) is 149 cm³/mol. The lowest BCUT2D eigenvalue weighted by Crippen LogP contribution is -2.45. The van der Waals surface area contributed by atoms with Crippen molar-refractivity contribution in [3.8, 4) is 0 Å². The van der Waals surface area contributed by atoms with E-state index in [1.54, 1.807) is 11.6 Å². The first kappa shape index (κ1) is 25.8. The lowest BCUT2D eigenvalue weighted by atomic mass is 9.49. The molecule has 1 N–H and O–H groups in total. The molecule has 0 heterocycles. The quantitative estimate of drug-likeness (QED) is 0.388. The number of carbonyl (C=O) groups is 1. The van der Waals surface area contributed by atoms with Gasteiger partial charge in [0.25, 0.3) is 0 Å². The zero-order valence-corrected chi connectivity index (χ0v) is 23.4. The van der Waals surface area contributed by atoms with Gasteiger partial charge in [0.15, 0.2) is 0 Å². The Bertz CT molecular complexity index is 1050. The number of rotatable bonds is 7. The van der Waals surface area contributed by atoms with E-state index in [9.17, 15) is 9.90 Å². The van der Waals surface area contributed by atoms with Crippen molar-refractivity contribution in [2.75, 3.05) is 0 Å². The highest BCUT2D eigenvalue weighted by Gasteiger charge is 2.54. The molecule has 4 aliphatic rings. The molecular formula is C34H48O2. The molecule has 0 radical (unpaired) electrons. The molecule has 4 aliphatic carbocycles. The molecule has 7 atom stereocenters. The molecule has 0 saturated heterocycles. The van der Waals surface area contributed by atoms with Crippen molar-refractivity contribution in [1.29, 1.82) is 0 Å². The minimum atomic E-state index is -0.778. The second-order valence-corrected chi connectivity index (χ2v) is 13.7. The van der Waals surface area contributed by atoms with Gasteiger partial charge in [-0.3, -0.25) is 0 Å². The van der Waals surface area contributed by atoms with Crippen LogP contribution in [0.5, 0.6) is 0 Å². The van der Waals surface area contributed by atoms with Crippen LogP contribution in [0.3, 0.4) is 0 Å². The first-order valence-corrected chi connectivity index (χ1v) is 14.9. The molecular weight excluding hydrogens is 440 g/mol. The summed E-state index contributed by atoms with van der Waals surface area (Å²) in [6.07, 6.45) is 17.9. The molecule has 0 amide bonds. The molecule has 1 fully saturated rings. The number of carboxylic acids is 1. The number of hydrogen-bond acceptors (Lipinski definition) is 1. The van der Waals surface area contributed by atoms with Crippen LogP contribution >= 0.6 is 0 Å². The number of hydrogen-bond donors (Lipinski definition) is 1. The topological polar surface area (TPSA) is 37.3 Å². The lowest BCUT2D eigenvalue weighted by molar-refractivity contribution is 0.0668. The fraction of sp³-hybridized carbons (Fsp3) is 0.676. The van der Waals surface area contributed by atoms with Crippen molar-refractivity contribution in [3.05, 3.63) is 58.7 Å². The first-order valence-electron chi connectivity index (χ1n) is 14.9. The first-order chi connectivity index (χ1) is 17.1. The van der Waals surface area contributed by atoms with E-state index in [2.05, 4.69) is 52.8 Å². The van der Waals surface area contributed by atoms with E-state index in [0.29, 0.717) is 34.1 Å². The van der Waals surface area contributed by atoms with Crippen molar-refractivity contribution in [2.45, 2.75) is 105 Å². The molecule has 2 heteroatoms. The molecule has 5 rings (SSSR count). The van der Waals surface area contributed by atoms with Crippen molar-refractivity contribution >= 4 is 5.97 Å². The smallest absolute Gasteiger partial charge is 0.335 e. The van der Waals surface area contributed by atoms with Crippen molar-refractivity contribution in [3.63, 3.8) is 0 Å². The normalized spacial score (nSPS) is 36.4. The Morgan fingerprint density at radius 2 is 1.81 bits per heavy atom. The molecule has 1 aromatic rings. The maximum atomic E-state index is 11.9. The third kappa shape index (κ3) is 4.31. The molecule has 1 aromatic carbocycles. The molecule has 1 unspecified atom stereocenters. The average Bonchev–Trinajstić information content (AvgIpc) is 3.20. The standard InChI is InChI=1S/C34H48O2/c1-22(2)9-8-10-23(3)29-15-16-30-28-14-13-25-21-24(26-11-6-7-12-27(26)32(35)36)17-19-33(25,4)31(28)18-20-34(29,30)5/h6-7,11-12,15-16,22-25,29-30H,8-10,13-14,17-21H2,1-5H3,(H,35,36)/t23-,24+,25?,29-,30-,33+,34-/m1/s1. The van der Waals surface area contributed by atoms with Gasteiger partial charge >= 0.3 is 5.97 Å². The van der Waals surface area contributed by atoms with Crippen LogP contribution < -0.4 is 0 Å². The van der Waals surface area contributed by atoms with Gasteiger partial charge in [0.2, 0.25) is 0 Å². The number of carboxylic acid groups (broad SMARTS) is 1. The maximum absolute atomic E-state index is 11.9. The van der Waals surface area contributed by atoms with Gasteiger partial charge in [0.05, 0.1) is 5.56 Å². The summed E-state index contributed by atoms with van der Waals surface area (Å²) in [6, 6.07) is 7.75. The van der Waals surface area contributed by atoms with Gasteiger partial charge < -0.3 is 5.11 Å². The Balaban J connectivity index is 1.34. The van der Waals surface area contributed by atoms with Gasteiger partial charge in [-0.2, -0.15) is 0 Å². The van der Waals surface area contributed by atoms with Gasteiger partial charge in [-0.05, 0) is 97.0 Å². The molecule has 0 bridgehead atoms. The Hall–Kier alpha value is -1.83. The third-order valence-corrected chi connectivity index (χ3v) is 11.3. The van der Waals surface area contributed by atoms with E-state index in [-0.39, 0.29) is 0 Å². The average molecular weight is 489 g/mol. The van der Waals surface area contributed by atoms with Crippen LogP contribution in [0.4, 0.5) is 0 Å². The van der Waals surface area contributed by atoms with Gasteiger partial charge in [0.1, 0.15) is 0 Å². The van der Waals surface area contributed by atoms with Crippen LogP contribution in [0.25, 0.3) is 0 Å².